The standard InChI is InChI=1S/C17H26N2/c1-12-5-6-16(11-12)17(19-18)15-9-7-14(8-10-15)13-3-2-4-13/h7-10,12-13,16-17,19H,2-6,11,18H2,1H3. The van der Waals surface area contributed by atoms with E-state index in [0.717, 1.165) is 11.8 Å². The molecule has 0 amide bonds. The third kappa shape index (κ3) is 2.70. The first-order valence-corrected chi connectivity index (χ1v) is 7.84. The maximum absolute atomic E-state index is 5.82. The lowest BCUT2D eigenvalue weighted by Gasteiger charge is -2.27. The van der Waals surface area contributed by atoms with Crippen molar-refractivity contribution in [3.63, 3.8) is 0 Å². The highest BCUT2D eigenvalue weighted by atomic mass is 15.2. The number of hydrogen-bond acceptors (Lipinski definition) is 2. The molecule has 0 radical (unpaired) electrons. The van der Waals surface area contributed by atoms with Gasteiger partial charge in [-0.3, -0.25) is 11.3 Å². The summed E-state index contributed by atoms with van der Waals surface area (Å²) in [7, 11) is 0. The Labute approximate surface area is 116 Å². The molecule has 2 aliphatic rings. The zero-order chi connectivity index (χ0) is 13.2. The van der Waals surface area contributed by atoms with Gasteiger partial charge in [-0.05, 0) is 54.6 Å². The van der Waals surface area contributed by atoms with Crippen molar-refractivity contribution in [2.45, 2.75) is 57.4 Å². The Hall–Kier alpha value is -0.860. The Bertz CT molecular complexity index is 408. The summed E-state index contributed by atoms with van der Waals surface area (Å²) < 4.78 is 0. The van der Waals surface area contributed by atoms with E-state index in [9.17, 15) is 0 Å². The summed E-state index contributed by atoms with van der Waals surface area (Å²) in [4.78, 5) is 0. The van der Waals surface area contributed by atoms with E-state index < -0.39 is 0 Å². The van der Waals surface area contributed by atoms with Crippen LogP contribution in [0.25, 0.3) is 0 Å². The Kier molecular flexibility index (Phi) is 3.90. The van der Waals surface area contributed by atoms with Crippen LogP contribution in [-0.2, 0) is 0 Å². The molecule has 0 aromatic heterocycles. The van der Waals surface area contributed by atoms with Gasteiger partial charge >= 0.3 is 0 Å². The van der Waals surface area contributed by atoms with Crippen molar-refractivity contribution in [2.24, 2.45) is 17.7 Å². The minimum Gasteiger partial charge on any atom is -0.271 e. The van der Waals surface area contributed by atoms with Crippen LogP contribution in [0.5, 0.6) is 0 Å². The Morgan fingerprint density at radius 3 is 2.32 bits per heavy atom. The summed E-state index contributed by atoms with van der Waals surface area (Å²) in [5.74, 6) is 8.20. The summed E-state index contributed by atoms with van der Waals surface area (Å²) in [5, 5.41) is 0. The van der Waals surface area contributed by atoms with E-state index in [4.69, 9.17) is 5.84 Å². The lowest BCUT2D eigenvalue weighted by Crippen LogP contribution is -2.32. The molecule has 2 saturated carbocycles. The predicted octanol–water partition coefficient (Wildman–Crippen LogP) is 3.89. The first kappa shape index (κ1) is 13.1. The second kappa shape index (κ2) is 5.64. The van der Waals surface area contributed by atoms with Crippen molar-refractivity contribution in [2.75, 3.05) is 0 Å². The molecule has 0 spiro atoms. The SMILES string of the molecule is CC1CCC(C(NN)c2ccc(C3CCC3)cc2)C1. The molecule has 0 saturated heterocycles. The smallest absolute Gasteiger partial charge is 0.0488 e. The predicted molar refractivity (Wildman–Crippen MR) is 79.6 cm³/mol. The minimum atomic E-state index is 0.334. The van der Waals surface area contributed by atoms with Crippen molar-refractivity contribution in [3.05, 3.63) is 35.4 Å². The van der Waals surface area contributed by atoms with E-state index in [1.165, 1.54) is 49.7 Å². The molecular formula is C17H26N2. The number of hydrogen-bond donors (Lipinski definition) is 2. The third-order valence-electron chi connectivity index (χ3n) is 5.26. The summed E-state index contributed by atoms with van der Waals surface area (Å²) in [5.41, 5.74) is 5.94. The molecule has 19 heavy (non-hydrogen) atoms. The number of nitrogens with two attached hydrogens (primary N) is 1. The van der Waals surface area contributed by atoms with Gasteiger partial charge in [0.25, 0.3) is 0 Å². The van der Waals surface area contributed by atoms with Gasteiger partial charge in [0.1, 0.15) is 0 Å². The lowest BCUT2D eigenvalue weighted by molar-refractivity contribution is 0.363. The first-order valence-electron chi connectivity index (χ1n) is 7.84. The molecule has 3 N–H and O–H groups in total. The van der Waals surface area contributed by atoms with E-state index in [1.807, 2.05) is 0 Å². The highest BCUT2D eigenvalue weighted by molar-refractivity contribution is 5.29. The van der Waals surface area contributed by atoms with Crippen molar-refractivity contribution < 1.29 is 0 Å². The Morgan fingerprint density at radius 1 is 1.11 bits per heavy atom. The van der Waals surface area contributed by atoms with E-state index in [1.54, 1.807) is 0 Å². The summed E-state index contributed by atoms with van der Waals surface area (Å²) in [6, 6.07) is 9.56. The van der Waals surface area contributed by atoms with Crippen molar-refractivity contribution >= 4 is 0 Å². The maximum atomic E-state index is 5.82. The van der Waals surface area contributed by atoms with Gasteiger partial charge in [0.2, 0.25) is 0 Å². The fourth-order valence-corrected chi connectivity index (χ4v) is 3.78. The maximum Gasteiger partial charge on any atom is 0.0488 e. The van der Waals surface area contributed by atoms with Crippen LogP contribution < -0.4 is 11.3 Å². The fourth-order valence-electron chi connectivity index (χ4n) is 3.78. The van der Waals surface area contributed by atoms with E-state index in [2.05, 4.69) is 36.6 Å². The van der Waals surface area contributed by atoms with Gasteiger partial charge < -0.3 is 0 Å². The molecule has 2 nitrogen and oxygen atoms in total. The highest BCUT2D eigenvalue weighted by Crippen LogP contribution is 2.40. The van der Waals surface area contributed by atoms with Gasteiger partial charge in [0.05, 0.1) is 0 Å². The zero-order valence-corrected chi connectivity index (χ0v) is 11.9. The van der Waals surface area contributed by atoms with Gasteiger partial charge in [0.15, 0.2) is 0 Å². The van der Waals surface area contributed by atoms with Crippen LogP contribution in [0.15, 0.2) is 24.3 Å². The molecule has 0 heterocycles. The molecule has 104 valence electrons. The average molecular weight is 258 g/mol. The van der Waals surface area contributed by atoms with Gasteiger partial charge in [-0.25, -0.2) is 0 Å². The van der Waals surface area contributed by atoms with Crippen LogP contribution in [0, 0.1) is 11.8 Å². The number of benzene rings is 1. The van der Waals surface area contributed by atoms with Crippen molar-refractivity contribution in [3.8, 4) is 0 Å². The van der Waals surface area contributed by atoms with Gasteiger partial charge in [-0.1, -0.05) is 44.0 Å². The second-order valence-corrected chi connectivity index (χ2v) is 6.62. The van der Waals surface area contributed by atoms with E-state index in [-0.39, 0.29) is 0 Å². The molecule has 2 aliphatic carbocycles. The quantitative estimate of drug-likeness (QED) is 0.635. The topological polar surface area (TPSA) is 38.0 Å². The van der Waals surface area contributed by atoms with E-state index >= 15 is 0 Å². The van der Waals surface area contributed by atoms with Gasteiger partial charge in [0, 0.05) is 6.04 Å². The lowest BCUT2D eigenvalue weighted by atomic mass is 9.79. The summed E-state index contributed by atoms with van der Waals surface area (Å²) in [6.07, 6.45) is 8.11. The van der Waals surface area contributed by atoms with Gasteiger partial charge in [-0.15, -0.1) is 0 Å². The molecule has 0 bridgehead atoms. The number of nitrogens with one attached hydrogen (secondary N) is 1. The molecule has 1 aromatic rings. The van der Waals surface area contributed by atoms with Crippen molar-refractivity contribution in [1.82, 2.24) is 5.43 Å². The van der Waals surface area contributed by atoms with E-state index in [0.29, 0.717) is 12.0 Å². The molecule has 3 atom stereocenters. The largest absolute Gasteiger partial charge is 0.271 e. The normalized spacial score (nSPS) is 29.2. The monoisotopic (exact) mass is 258 g/mol. The molecule has 3 unspecified atom stereocenters. The summed E-state index contributed by atoms with van der Waals surface area (Å²) in [6.45, 7) is 2.35. The number of rotatable bonds is 4. The van der Waals surface area contributed by atoms with Crippen molar-refractivity contribution in [1.29, 1.82) is 0 Å². The zero-order valence-electron chi connectivity index (χ0n) is 11.9. The minimum absolute atomic E-state index is 0.334. The van der Waals surface area contributed by atoms with Gasteiger partial charge in [-0.2, -0.15) is 0 Å². The Balaban J connectivity index is 1.71. The second-order valence-electron chi connectivity index (χ2n) is 6.62. The average Bonchev–Trinajstić information content (AvgIpc) is 2.77. The third-order valence-corrected chi connectivity index (χ3v) is 5.26. The van der Waals surface area contributed by atoms with Crippen LogP contribution in [0.1, 0.15) is 68.5 Å². The van der Waals surface area contributed by atoms with Crippen LogP contribution in [-0.4, -0.2) is 0 Å². The highest BCUT2D eigenvalue weighted by Gasteiger charge is 2.29. The molecule has 0 aliphatic heterocycles. The molecule has 2 heteroatoms. The Morgan fingerprint density at radius 2 is 1.84 bits per heavy atom. The van der Waals surface area contributed by atoms with Crippen LogP contribution in [0.2, 0.25) is 0 Å². The van der Waals surface area contributed by atoms with Crippen LogP contribution >= 0.6 is 0 Å². The fraction of sp³-hybridized carbons (Fsp3) is 0.647. The molecule has 3 rings (SSSR count). The van der Waals surface area contributed by atoms with Crippen LogP contribution in [0.4, 0.5) is 0 Å². The number of hydrazine groups is 1. The molecule has 2 fully saturated rings. The molecular weight excluding hydrogens is 232 g/mol. The summed E-state index contributed by atoms with van der Waals surface area (Å²) >= 11 is 0. The van der Waals surface area contributed by atoms with Crippen LogP contribution in [0.3, 0.4) is 0 Å². The molecule has 1 aromatic carbocycles. The first-order chi connectivity index (χ1) is 9.28.